The number of nitro groups is 1. The predicted octanol–water partition coefficient (Wildman–Crippen LogP) is 2.18. The quantitative estimate of drug-likeness (QED) is 0.617. The number of hydrogen-bond donors (Lipinski definition) is 2. The van der Waals surface area contributed by atoms with E-state index in [0.29, 0.717) is 18.4 Å². The van der Waals surface area contributed by atoms with E-state index in [4.69, 9.17) is 5.11 Å². The van der Waals surface area contributed by atoms with Crippen LogP contribution in [0.2, 0.25) is 0 Å². The summed E-state index contributed by atoms with van der Waals surface area (Å²) < 4.78 is 0. The van der Waals surface area contributed by atoms with Crippen molar-refractivity contribution in [1.82, 2.24) is 5.32 Å². The highest BCUT2D eigenvalue weighted by atomic mass is 16.6. The molecule has 1 unspecified atom stereocenters. The number of hydrogen-bond acceptors (Lipinski definition) is 4. The van der Waals surface area contributed by atoms with Gasteiger partial charge in [-0.1, -0.05) is 13.0 Å². The van der Waals surface area contributed by atoms with Gasteiger partial charge in [0.05, 0.1) is 4.92 Å². The number of nitrogens with zero attached hydrogens (tertiary/aromatic N) is 1. The van der Waals surface area contributed by atoms with Gasteiger partial charge in [0.25, 0.3) is 11.6 Å². The molecule has 1 aromatic carbocycles. The lowest BCUT2D eigenvalue weighted by Gasteiger charge is -2.29. The molecule has 0 radical (unpaired) electrons. The van der Waals surface area contributed by atoms with Gasteiger partial charge in [-0.15, -0.1) is 0 Å². The molecule has 2 N–H and O–H groups in total. The maximum Gasteiger partial charge on any atom is 0.273 e. The molecule has 0 aliphatic heterocycles. The number of aliphatic hydroxyl groups is 1. The third-order valence-corrected chi connectivity index (χ3v) is 3.53. The van der Waals surface area contributed by atoms with Gasteiger partial charge in [-0.2, -0.15) is 0 Å². The number of nitro benzene ring substituents is 1. The van der Waals surface area contributed by atoms with Crippen molar-refractivity contribution in [2.75, 3.05) is 6.61 Å². The van der Waals surface area contributed by atoms with E-state index in [2.05, 4.69) is 5.32 Å². The summed E-state index contributed by atoms with van der Waals surface area (Å²) in [6.07, 6.45) is 1.09. The number of aliphatic hydroxyl groups excluding tert-OH is 1. The smallest absolute Gasteiger partial charge is 0.273 e. The van der Waals surface area contributed by atoms with Gasteiger partial charge in [0.2, 0.25) is 0 Å². The molecule has 110 valence electrons. The zero-order valence-electron chi connectivity index (χ0n) is 12.0. The van der Waals surface area contributed by atoms with Gasteiger partial charge in [0.1, 0.15) is 0 Å². The highest BCUT2D eigenvalue weighted by Crippen LogP contribution is 2.20. The first kappa shape index (κ1) is 16.1. The molecular formula is C14H20N2O4. The fraction of sp³-hybridized carbons (Fsp3) is 0.500. The van der Waals surface area contributed by atoms with Crippen LogP contribution in [0.4, 0.5) is 5.69 Å². The lowest BCUT2D eigenvalue weighted by Crippen LogP contribution is -2.46. The van der Waals surface area contributed by atoms with Crippen LogP contribution in [0, 0.1) is 17.0 Å². The predicted molar refractivity (Wildman–Crippen MR) is 75.7 cm³/mol. The van der Waals surface area contributed by atoms with Crippen molar-refractivity contribution in [2.24, 2.45) is 0 Å². The Morgan fingerprint density at radius 1 is 1.50 bits per heavy atom. The molecule has 0 saturated carbocycles. The van der Waals surface area contributed by atoms with Crippen LogP contribution in [0.3, 0.4) is 0 Å². The third-order valence-electron chi connectivity index (χ3n) is 3.53. The molecule has 0 aliphatic carbocycles. The minimum Gasteiger partial charge on any atom is -0.396 e. The zero-order valence-corrected chi connectivity index (χ0v) is 12.0. The van der Waals surface area contributed by atoms with E-state index in [1.165, 1.54) is 6.07 Å². The Hall–Kier alpha value is -1.95. The molecule has 0 heterocycles. The number of aryl methyl sites for hydroxylation is 1. The average molecular weight is 280 g/mol. The Balaban J connectivity index is 2.98. The fourth-order valence-corrected chi connectivity index (χ4v) is 1.87. The highest BCUT2D eigenvalue weighted by Gasteiger charge is 2.25. The number of rotatable bonds is 6. The second kappa shape index (κ2) is 6.47. The molecule has 0 bridgehead atoms. The molecular weight excluding hydrogens is 260 g/mol. The summed E-state index contributed by atoms with van der Waals surface area (Å²) in [4.78, 5) is 22.5. The topological polar surface area (TPSA) is 92.5 Å². The van der Waals surface area contributed by atoms with E-state index >= 15 is 0 Å². The zero-order chi connectivity index (χ0) is 15.3. The Morgan fingerprint density at radius 3 is 2.65 bits per heavy atom. The van der Waals surface area contributed by atoms with E-state index in [1.807, 2.05) is 13.8 Å². The van der Waals surface area contributed by atoms with Gasteiger partial charge in [0, 0.05) is 29.3 Å². The van der Waals surface area contributed by atoms with Crippen LogP contribution in [-0.2, 0) is 0 Å². The van der Waals surface area contributed by atoms with Crippen molar-refractivity contribution in [3.05, 3.63) is 39.4 Å². The first-order valence-corrected chi connectivity index (χ1v) is 6.51. The molecule has 0 aromatic heterocycles. The normalized spacial score (nSPS) is 13.6. The Labute approximate surface area is 118 Å². The van der Waals surface area contributed by atoms with Crippen LogP contribution >= 0.6 is 0 Å². The number of nitrogens with one attached hydrogen (secondary N) is 1. The summed E-state index contributed by atoms with van der Waals surface area (Å²) in [5.74, 6) is -0.370. The second-order valence-corrected chi connectivity index (χ2v) is 5.10. The molecule has 0 saturated heterocycles. The monoisotopic (exact) mass is 280 g/mol. The lowest BCUT2D eigenvalue weighted by atomic mass is 9.94. The second-order valence-electron chi connectivity index (χ2n) is 5.10. The molecule has 1 rings (SSSR count). The summed E-state index contributed by atoms with van der Waals surface area (Å²) >= 11 is 0. The molecule has 6 heteroatoms. The third kappa shape index (κ3) is 3.77. The van der Waals surface area contributed by atoms with E-state index in [1.54, 1.807) is 19.1 Å². The average Bonchev–Trinajstić information content (AvgIpc) is 2.39. The molecule has 6 nitrogen and oxygen atoms in total. The summed E-state index contributed by atoms with van der Waals surface area (Å²) in [5, 5.41) is 22.7. The van der Waals surface area contributed by atoms with Gasteiger partial charge < -0.3 is 10.4 Å². The van der Waals surface area contributed by atoms with Gasteiger partial charge >= 0.3 is 0 Å². The molecule has 20 heavy (non-hydrogen) atoms. The summed E-state index contributed by atoms with van der Waals surface area (Å²) in [6, 6.07) is 4.40. The van der Waals surface area contributed by atoms with Crippen molar-refractivity contribution in [2.45, 2.75) is 39.2 Å². The number of benzene rings is 1. The SMILES string of the molecule is CCC(C)(CCO)NC(=O)c1ccc(C)c([N+](=O)[O-])c1. The van der Waals surface area contributed by atoms with Crippen molar-refractivity contribution < 1.29 is 14.8 Å². The standard InChI is InChI=1S/C14H20N2O4/c1-4-14(3,7-8-17)15-13(18)11-6-5-10(2)12(9-11)16(19)20/h5-6,9,17H,4,7-8H2,1-3H3,(H,15,18). The van der Waals surface area contributed by atoms with E-state index in [9.17, 15) is 14.9 Å². The number of amides is 1. The van der Waals surface area contributed by atoms with Crippen molar-refractivity contribution in [3.63, 3.8) is 0 Å². The van der Waals surface area contributed by atoms with Gasteiger partial charge in [-0.25, -0.2) is 0 Å². The molecule has 0 spiro atoms. The van der Waals surface area contributed by atoms with Gasteiger partial charge in [-0.05, 0) is 32.8 Å². The summed E-state index contributed by atoms with van der Waals surface area (Å²) in [6.45, 7) is 5.34. The van der Waals surface area contributed by atoms with Crippen LogP contribution in [-0.4, -0.2) is 28.1 Å². The largest absolute Gasteiger partial charge is 0.396 e. The fourth-order valence-electron chi connectivity index (χ4n) is 1.87. The van der Waals surface area contributed by atoms with Crippen LogP contribution in [0.25, 0.3) is 0 Å². The Morgan fingerprint density at radius 2 is 2.15 bits per heavy atom. The molecule has 1 amide bonds. The van der Waals surface area contributed by atoms with Crippen molar-refractivity contribution in [3.8, 4) is 0 Å². The van der Waals surface area contributed by atoms with Gasteiger partial charge in [0.15, 0.2) is 0 Å². The maximum absolute atomic E-state index is 12.2. The molecule has 1 atom stereocenters. The molecule has 0 aliphatic rings. The maximum atomic E-state index is 12.2. The Kier molecular flexibility index (Phi) is 5.21. The van der Waals surface area contributed by atoms with Gasteiger partial charge in [-0.3, -0.25) is 14.9 Å². The van der Waals surface area contributed by atoms with E-state index in [0.717, 1.165) is 0 Å². The van der Waals surface area contributed by atoms with E-state index in [-0.39, 0.29) is 23.8 Å². The van der Waals surface area contributed by atoms with Crippen molar-refractivity contribution >= 4 is 11.6 Å². The number of carbonyl (C=O) groups is 1. The number of carbonyl (C=O) groups excluding carboxylic acids is 1. The first-order chi connectivity index (χ1) is 9.33. The minimum absolute atomic E-state index is 0.0291. The highest BCUT2D eigenvalue weighted by molar-refractivity contribution is 5.95. The molecule has 0 fully saturated rings. The van der Waals surface area contributed by atoms with E-state index < -0.39 is 10.5 Å². The van der Waals surface area contributed by atoms with Crippen LogP contribution < -0.4 is 5.32 Å². The van der Waals surface area contributed by atoms with Crippen LogP contribution in [0.5, 0.6) is 0 Å². The van der Waals surface area contributed by atoms with Crippen molar-refractivity contribution in [1.29, 1.82) is 0 Å². The van der Waals surface area contributed by atoms with Crippen LogP contribution in [0.1, 0.15) is 42.6 Å². The first-order valence-electron chi connectivity index (χ1n) is 6.51. The van der Waals surface area contributed by atoms with Crippen LogP contribution in [0.15, 0.2) is 18.2 Å². The minimum atomic E-state index is -0.522. The lowest BCUT2D eigenvalue weighted by molar-refractivity contribution is -0.385. The summed E-state index contributed by atoms with van der Waals surface area (Å²) in [7, 11) is 0. The Bertz CT molecular complexity index is 516. The summed E-state index contributed by atoms with van der Waals surface area (Å²) in [5.41, 5.74) is 0.170. The molecule has 1 aromatic rings.